The molecule has 1 rings (SSSR count). The number of nitrogens with zero attached hydrogens (tertiary/aromatic N) is 1. The quantitative estimate of drug-likeness (QED) is 0.153. The number of unbranched alkanes of at least 4 members (excludes halogenated alkanes) is 8. The average molecular weight is 440 g/mol. The van der Waals surface area contributed by atoms with E-state index in [0.717, 1.165) is 25.7 Å². The van der Waals surface area contributed by atoms with Crippen LogP contribution in [-0.4, -0.2) is 18.6 Å². The van der Waals surface area contributed by atoms with E-state index in [1.54, 1.807) is 6.07 Å². The van der Waals surface area contributed by atoms with Crippen LogP contribution in [-0.2, 0) is 9.84 Å². The predicted molar refractivity (Wildman–Crippen MR) is 125 cm³/mol. The van der Waals surface area contributed by atoms with Gasteiger partial charge >= 0.3 is 0 Å². The van der Waals surface area contributed by atoms with E-state index in [1.165, 1.54) is 63.1 Å². The largest absolute Gasteiger partial charge is 0.287 e. The fourth-order valence-corrected chi connectivity index (χ4v) is 6.89. The molecule has 0 aromatic heterocycles. The molecular weight excluding hydrogens is 398 g/mol. The molecular formula is C24H41NO4S. The molecule has 0 heterocycles. The van der Waals surface area contributed by atoms with Gasteiger partial charge in [0.15, 0.2) is 9.84 Å². The third kappa shape index (κ3) is 8.01. The first-order chi connectivity index (χ1) is 14.3. The zero-order chi connectivity index (χ0) is 22.6. The average Bonchev–Trinajstić information content (AvgIpc) is 2.72. The van der Waals surface area contributed by atoms with Crippen LogP contribution >= 0.6 is 0 Å². The zero-order valence-corrected chi connectivity index (χ0v) is 20.1. The first kappa shape index (κ1) is 26.6. The van der Waals surface area contributed by atoms with Crippen molar-refractivity contribution < 1.29 is 13.3 Å². The maximum absolute atomic E-state index is 13.5. The Morgan fingerprint density at radius 2 is 1.40 bits per heavy atom. The highest BCUT2D eigenvalue weighted by Gasteiger charge is 2.39. The molecule has 0 saturated carbocycles. The van der Waals surface area contributed by atoms with Crippen LogP contribution in [0.3, 0.4) is 0 Å². The minimum Gasteiger partial charge on any atom is -0.258 e. The van der Waals surface area contributed by atoms with E-state index in [1.807, 2.05) is 20.8 Å². The SMILES string of the molecule is CCCCCCCCCCCC(C)C(C(C)CC)S(=O)(=O)c1ccccc1[N+](=O)[O-]. The van der Waals surface area contributed by atoms with Crippen molar-refractivity contribution in [1.29, 1.82) is 0 Å². The van der Waals surface area contributed by atoms with E-state index in [2.05, 4.69) is 6.92 Å². The first-order valence-electron chi connectivity index (χ1n) is 11.7. The number of benzene rings is 1. The summed E-state index contributed by atoms with van der Waals surface area (Å²) in [5.74, 6) is -0.0855. The van der Waals surface area contributed by atoms with Crippen molar-refractivity contribution in [2.45, 2.75) is 108 Å². The topological polar surface area (TPSA) is 77.3 Å². The smallest absolute Gasteiger partial charge is 0.258 e. The van der Waals surface area contributed by atoms with Crippen LogP contribution in [0.4, 0.5) is 5.69 Å². The fourth-order valence-electron chi connectivity index (χ4n) is 4.34. The van der Waals surface area contributed by atoms with Crippen molar-refractivity contribution in [3.63, 3.8) is 0 Å². The Hall–Kier alpha value is -1.43. The third-order valence-corrected chi connectivity index (χ3v) is 8.86. The minimum atomic E-state index is -3.79. The van der Waals surface area contributed by atoms with E-state index >= 15 is 0 Å². The van der Waals surface area contributed by atoms with Gasteiger partial charge in [-0.25, -0.2) is 8.42 Å². The summed E-state index contributed by atoms with van der Waals surface area (Å²) in [6, 6.07) is 5.75. The molecule has 0 aliphatic rings. The number of para-hydroxylation sites is 1. The highest BCUT2D eigenvalue weighted by Crippen LogP contribution is 2.35. The molecule has 3 atom stereocenters. The van der Waals surface area contributed by atoms with Crippen molar-refractivity contribution in [1.82, 2.24) is 0 Å². The molecule has 0 radical (unpaired) electrons. The Kier molecular flexibility index (Phi) is 12.2. The van der Waals surface area contributed by atoms with Crippen LogP contribution in [0, 0.1) is 22.0 Å². The summed E-state index contributed by atoms with van der Waals surface area (Å²) >= 11 is 0. The van der Waals surface area contributed by atoms with Gasteiger partial charge in [-0.1, -0.05) is 104 Å². The second-order valence-corrected chi connectivity index (χ2v) is 10.8. The van der Waals surface area contributed by atoms with E-state index in [0.29, 0.717) is 0 Å². The van der Waals surface area contributed by atoms with E-state index in [4.69, 9.17) is 0 Å². The van der Waals surface area contributed by atoms with Gasteiger partial charge in [-0.2, -0.15) is 0 Å². The van der Waals surface area contributed by atoms with Crippen molar-refractivity contribution in [3.05, 3.63) is 34.4 Å². The van der Waals surface area contributed by atoms with Gasteiger partial charge in [0.2, 0.25) is 0 Å². The van der Waals surface area contributed by atoms with Crippen LogP contribution in [0.2, 0.25) is 0 Å². The molecule has 0 saturated heterocycles. The van der Waals surface area contributed by atoms with Crippen LogP contribution in [0.5, 0.6) is 0 Å². The Morgan fingerprint density at radius 3 is 1.93 bits per heavy atom. The highest BCUT2D eigenvalue weighted by atomic mass is 32.2. The number of hydrogen-bond donors (Lipinski definition) is 0. The number of rotatable bonds is 16. The maximum Gasteiger partial charge on any atom is 0.287 e. The van der Waals surface area contributed by atoms with Crippen molar-refractivity contribution in [2.75, 3.05) is 0 Å². The molecule has 0 spiro atoms. The maximum atomic E-state index is 13.5. The van der Waals surface area contributed by atoms with Crippen LogP contribution in [0.1, 0.15) is 98.3 Å². The van der Waals surface area contributed by atoms with Gasteiger partial charge in [-0.15, -0.1) is 0 Å². The molecule has 3 unspecified atom stereocenters. The van der Waals surface area contributed by atoms with Gasteiger partial charge < -0.3 is 0 Å². The molecule has 1 aromatic rings. The zero-order valence-electron chi connectivity index (χ0n) is 19.3. The second-order valence-electron chi connectivity index (χ2n) is 8.71. The lowest BCUT2D eigenvalue weighted by Gasteiger charge is -2.29. The highest BCUT2D eigenvalue weighted by molar-refractivity contribution is 7.92. The van der Waals surface area contributed by atoms with E-state index in [-0.39, 0.29) is 22.4 Å². The normalized spacial score (nSPS) is 14.9. The Labute approximate surface area is 183 Å². The summed E-state index contributed by atoms with van der Waals surface area (Å²) in [4.78, 5) is 10.7. The summed E-state index contributed by atoms with van der Waals surface area (Å²) in [6.45, 7) is 8.15. The minimum absolute atomic E-state index is 0.0330. The summed E-state index contributed by atoms with van der Waals surface area (Å²) in [7, 11) is -3.79. The molecule has 0 fully saturated rings. The summed E-state index contributed by atoms with van der Waals surface area (Å²) in [6.07, 6.45) is 12.7. The molecule has 0 amide bonds. The Bertz CT molecular complexity index is 732. The van der Waals surface area contributed by atoms with E-state index < -0.39 is 20.0 Å². The molecule has 1 aromatic carbocycles. The first-order valence-corrected chi connectivity index (χ1v) is 13.3. The van der Waals surface area contributed by atoms with Gasteiger partial charge in [0.1, 0.15) is 4.90 Å². The molecule has 0 N–H and O–H groups in total. The van der Waals surface area contributed by atoms with Gasteiger partial charge in [0.05, 0.1) is 10.2 Å². The van der Waals surface area contributed by atoms with Gasteiger partial charge in [-0.3, -0.25) is 10.1 Å². The standard InChI is InChI=1S/C24H41NO4S/c1-5-7-8-9-10-11-12-13-14-17-21(4)24(20(3)6-2)30(28,29)23-19-16-15-18-22(23)25(26)27/h15-16,18-21,24H,5-14,17H2,1-4H3. The summed E-state index contributed by atoms with van der Waals surface area (Å²) in [5, 5.41) is 10.8. The number of nitro benzene ring substituents is 1. The molecule has 30 heavy (non-hydrogen) atoms. The lowest BCUT2D eigenvalue weighted by molar-refractivity contribution is -0.387. The van der Waals surface area contributed by atoms with E-state index in [9.17, 15) is 18.5 Å². The lowest BCUT2D eigenvalue weighted by Crippen LogP contribution is -2.35. The number of nitro groups is 1. The molecule has 6 heteroatoms. The van der Waals surface area contributed by atoms with Gasteiger partial charge in [-0.05, 0) is 24.3 Å². The van der Waals surface area contributed by atoms with Gasteiger partial charge in [0.25, 0.3) is 5.69 Å². The molecule has 0 aliphatic heterocycles. The lowest BCUT2D eigenvalue weighted by atomic mass is 9.90. The monoisotopic (exact) mass is 439 g/mol. The summed E-state index contributed by atoms with van der Waals surface area (Å²) in [5.41, 5.74) is -0.318. The van der Waals surface area contributed by atoms with Crippen molar-refractivity contribution in [2.24, 2.45) is 11.8 Å². The molecule has 5 nitrogen and oxygen atoms in total. The van der Waals surface area contributed by atoms with Crippen molar-refractivity contribution in [3.8, 4) is 0 Å². The second kappa shape index (κ2) is 13.8. The van der Waals surface area contributed by atoms with Crippen LogP contribution in [0.15, 0.2) is 29.2 Å². The predicted octanol–water partition coefficient (Wildman–Crippen LogP) is 7.34. The third-order valence-electron chi connectivity index (χ3n) is 6.26. The Balaban J connectivity index is 2.74. The fraction of sp³-hybridized carbons (Fsp3) is 0.750. The molecule has 172 valence electrons. The number of sulfone groups is 1. The van der Waals surface area contributed by atoms with Gasteiger partial charge in [0, 0.05) is 6.07 Å². The summed E-state index contributed by atoms with van der Waals surface area (Å²) < 4.78 is 26.9. The molecule has 0 bridgehead atoms. The molecule has 0 aliphatic carbocycles. The number of hydrogen-bond acceptors (Lipinski definition) is 4. The van der Waals surface area contributed by atoms with Crippen LogP contribution in [0.25, 0.3) is 0 Å². The Morgan fingerprint density at radius 1 is 0.867 bits per heavy atom. The van der Waals surface area contributed by atoms with Crippen LogP contribution < -0.4 is 0 Å². The van der Waals surface area contributed by atoms with Crippen molar-refractivity contribution >= 4 is 15.5 Å².